The minimum absolute atomic E-state index is 0.428. The second-order valence-electron chi connectivity index (χ2n) is 3.73. The van der Waals surface area contributed by atoms with E-state index in [1.165, 1.54) is 0 Å². The van der Waals surface area contributed by atoms with Crippen molar-refractivity contribution in [1.82, 2.24) is 4.90 Å². The highest BCUT2D eigenvalue weighted by Crippen LogP contribution is 2.23. The maximum atomic E-state index is 13.4. The van der Waals surface area contributed by atoms with Crippen molar-refractivity contribution in [2.24, 2.45) is 0 Å². The largest absolute Gasteiger partial charge is 0.309 e. The first-order chi connectivity index (χ1) is 7.02. The average molecular weight is 278 g/mol. The molecular weight excluding hydrogens is 264 g/mol. The summed E-state index contributed by atoms with van der Waals surface area (Å²) in [6, 6.07) is 2.68. The molecule has 0 fully saturated rings. The maximum Gasteiger partial charge on any atom is 0.163 e. The van der Waals surface area contributed by atoms with E-state index in [9.17, 15) is 8.78 Å². The molecule has 4 heteroatoms. The van der Waals surface area contributed by atoms with Gasteiger partial charge in [0.1, 0.15) is 0 Å². The van der Waals surface area contributed by atoms with Crippen LogP contribution in [0.4, 0.5) is 8.78 Å². The SMILES string of the molecule is CN(C)CCCc1c(Br)ccc(F)c1F. The molecule has 0 radical (unpaired) electrons. The van der Waals surface area contributed by atoms with Gasteiger partial charge < -0.3 is 4.90 Å². The molecule has 0 saturated carbocycles. The summed E-state index contributed by atoms with van der Waals surface area (Å²) in [5.74, 6) is -1.51. The predicted octanol–water partition coefficient (Wildman–Crippen LogP) is 3.22. The minimum atomic E-state index is -0.780. The number of benzene rings is 1. The van der Waals surface area contributed by atoms with Crippen LogP contribution in [0.25, 0.3) is 0 Å². The topological polar surface area (TPSA) is 3.24 Å². The number of rotatable bonds is 4. The van der Waals surface area contributed by atoms with Crippen molar-refractivity contribution in [3.63, 3.8) is 0 Å². The van der Waals surface area contributed by atoms with Gasteiger partial charge >= 0.3 is 0 Å². The molecule has 1 aromatic rings. The third kappa shape index (κ3) is 3.54. The van der Waals surface area contributed by atoms with E-state index >= 15 is 0 Å². The fourth-order valence-electron chi connectivity index (χ4n) is 1.37. The van der Waals surface area contributed by atoms with Gasteiger partial charge in [0.2, 0.25) is 0 Å². The van der Waals surface area contributed by atoms with Crippen molar-refractivity contribution in [3.8, 4) is 0 Å². The van der Waals surface area contributed by atoms with Crippen molar-refractivity contribution >= 4 is 15.9 Å². The molecule has 0 atom stereocenters. The molecule has 0 saturated heterocycles. The van der Waals surface area contributed by atoms with E-state index in [-0.39, 0.29) is 0 Å². The van der Waals surface area contributed by atoms with Gasteiger partial charge in [-0.05, 0) is 45.6 Å². The number of halogens is 3. The van der Waals surface area contributed by atoms with E-state index in [4.69, 9.17) is 0 Å². The summed E-state index contributed by atoms with van der Waals surface area (Å²) in [6.07, 6.45) is 1.36. The summed E-state index contributed by atoms with van der Waals surface area (Å²) in [5.41, 5.74) is 0.428. The molecule has 1 nitrogen and oxygen atoms in total. The molecule has 0 aliphatic heterocycles. The number of hydrogen-bond donors (Lipinski definition) is 0. The Labute approximate surface area is 97.2 Å². The van der Waals surface area contributed by atoms with Gasteiger partial charge in [0.15, 0.2) is 11.6 Å². The van der Waals surface area contributed by atoms with E-state index < -0.39 is 11.6 Å². The lowest BCUT2D eigenvalue weighted by molar-refractivity contribution is 0.397. The maximum absolute atomic E-state index is 13.4. The van der Waals surface area contributed by atoms with Crippen LogP contribution in [-0.4, -0.2) is 25.5 Å². The number of nitrogens with zero attached hydrogens (tertiary/aromatic N) is 1. The van der Waals surface area contributed by atoms with Gasteiger partial charge in [-0.1, -0.05) is 15.9 Å². The fourth-order valence-corrected chi connectivity index (χ4v) is 1.87. The first kappa shape index (κ1) is 12.6. The van der Waals surface area contributed by atoms with E-state index in [0.29, 0.717) is 16.5 Å². The zero-order chi connectivity index (χ0) is 11.4. The molecule has 84 valence electrons. The first-order valence-electron chi connectivity index (χ1n) is 4.79. The summed E-state index contributed by atoms with van der Waals surface area (Å²) in [4.78, 5) is 2.02. The Morgan fingerprint density at radius 1 is 1.27 bits per heavy atom. The molecule has 1 aromatic carbocycles. The van der Waals surface area contributed by atoms with Gasteiger partial charge in [-0.2, -0.15) is 0 Å². The van der Waals surface area contributed by atoms with Crippen LogP contribution in [0.2, 0.25) is 0 Å². The molecule has 0 heterocycles. The molecule has 0 bridgehead atoms. The van der Waals surface area contributed by atoms with Crippen molar-refractivity contribution < 1.29 is 8.78 Å². The van der Waals surface area contributed by atoms with Gasteiger partial charge in [0, 0.05) is 10.0 Å². The highest BCUT2D eigenvalue weighted by atomic mass is 79.9. The molecule has 0 aromatic heterocycles. The normalized spacial score (nSPS) is 11.1. The van der Waals surface area contributed by atoms with E-state index in [1.54, 1.807) is 6.07 Å². The highest BCUT2D eigenvalue weighted by molar-refractivity contribution is 9.10. The highest BCUT2D eigenvalue weighted by Gasteiger charge is 2.11. The third-order valence-electron chi connectivity index (χ3n) is 2.17. The van der Waals surface area contributed by atoms with E-state index in [0.717, 1.165) is 19.0 Å². The van der Waals surface area contributed by atoms with E-state index in [2.05, 4.69) is 15.9 Å². The predicted molar refractivity (Wildman–Crippen MR) is 60.9 cm³/mol. The van der Waals surface area contributed by atoms with Gasteiger partial charge in [-0.15, -0.1) is 0 Å². The van der Waals surface area contributed by atoms with Gasteiger partial charge in [-0.3, -0.25) is 0 Å². The molecule has 0 spiro atoms. The summed E-state index contributed by atoms with van der Waals surface area (Å²) in [5, 5.41) is 0. The third-order valence-corrected chi connectivity index (χ3v) is 2.91. The van der Waals surface area contributed by atoms with Crippen LogP contribution in [0.1, 0.15) is 12.0 Å². The number of hydrogen-bond acceptors (Lipinski definition) is 1. The zero-order valence-electron chi connectivity index (χ0n) is 8.86. The molecule has 0 aliphatic rings. The van der Waals surface area contributed by atoms with Crippen LogP contribution in [-0.2, 0) is 6.42 Å². The fraction of sp³-hybridized carbons (Fsp3) is 0.455. The molecule has 0 unspecified atom stereocenters. The summed E-state index contributed by atoms with van der Waals surface area (Å²) in [6.45, 7) is 0.863. The smallest absolute Gasteiger partial charge is 0.163 e. The first-order valence-corrected chi connectivity index (χ1v) is 5.58. The van der Waals surface area contributed by atoms with Gasteiger partial charge in [0.05, 0.1) is 0 Å². The second-order valence-corrected chi connectivity index (χ2v) is 4.58. The summed E-state index contributed by atoms with van der Waals surface area (Å²) < 4.78 is 26.9. The summed E-state index contributed by atoms with van der Waals surface area (Å²) >= 11 is 3.23. The Morgan fingerprint density at radius 2 is 1.93 bits per heavy atom. The zero-order valence-corrected chi connectivity index (χ0v) is 10.4. The lowest BCUT2D eigenvalue weighted by Gasteiger charge is -2.10. The van der Waals surface area contributed by atoms with Crippen LogP contribution < -0.4 is 0 Å². The lowest BCUT2D eigenvalue weighted by atomic mass is 10.1. The monoisotopic (exact) mass is 277 g/mol. The standard InChI is InChI=1S/C11H14BrF2N/c1-15(2)7-3-4-8-9(12)5-6-10(13)11(8)14/h5-6H,3-4,7H2,1-2H3. The summed E-state index contributed by atoms with van der Waals surface area (Å²) in [7, 11) is 3.91. The van der Waals surface area contributed by atoms with Gasteiger partial charge in [-0.25, -0.2) is 8.78 Å². The Balaban J connectivity index is 2.71. The van der Waals surface area contributed by atoms with Crippen LogP contribution >= 0.6 is 15.9 Å². The van der Waals surface area contributed by atoms with Crippen molar-refractivity contribution in [1.29, 1.82) is 0 Å². The van der Waals surface area contributed by atoms with Crippen molar-refractivity contribution in [3.05, 3.63) is 33.8 Å². The van der Waals surface area contributed by atoms with E-state index in [1.807, 2.05) is 19.0 Å². The van der Waals surface area contributed by atoms with Crippen LogP contribution in [0, 0.1) is 11.6 Å². The molecule has 15 heavy (non-hydrogen) atoms. The van der Waals surface area contributed by atoms with Gasteiger partial charge in [0.25, 0.3) is 0 Å². The minimum Gasteiger partial charge on any atom is -0.309 e. The average Bonchev–Trinajstić information content (AvgIpc) is 2.17. The lowest BCUT2D eigenvalue weighted by Crippen LogP contribution is -2.14. The Kier molecular flexibility index (Phi) is 4.67. The van der Waals surface area contributed by atoms with Crippen molar-refractivity contribution in [2.75, 3.05) is 20.6 Å². The quantitative estimate of drug-likeness (QED) is 0.764. The molecule has 1 rings (SSSR count). The van der Waals surface area contributed by atoms with Crippen LogP contribution in [0.3, 0.4) is 0 Å². The molecule has 0 amide bonds. The second kappa shape index (κ2) is 5.56. The Hall–Kier alpha value is -0.480. The molecule has 0 aliphatic carbocycles. The van der Waals surface area contributed by atoms with Crippen LogP contribution in [0.15, 0.2) is 16.6 Å². The Morgan fingerprint density at radius 3 is 2.53 bits per heavy atom. The molecular formula is C11H14BrF2N. The molecule has 0 N–H and O–H groups in total. The van der Waals surface area contributed by atoms with Crippen LogP contribution in [0.5, 0.6) is 0 Å². The van der Waals surface area contributed by atoms with Crippen molar-refractivity contribution in [2.45, 2.75) is 12.8 Å². The Bertz CT molecular complexity index is 340.